The second kappa shape index (κ2) is 15.7. The minimum absolute atomic E-state index is 0.318. The van der Waals surface area contributed by atoms with Gasteiger partial charge in [-0.25, -0.2) is 9.18 Å². The van der Waals surface area contributed by atoms with Crippen LogP contribution >= 0.6 is 0 Å². The summed E-state index contributed by atoms with van der Waals surface area (Å²) in [6.07, 6.45) is 22.0. The van der Waals surface area contributed by atoms with E-state index in [0.717, 1.165) is 19.3 Å². The van der Waals surface area contributed by atoms with Crippen LogP contribution in [0.4, 0.5) is 4.39 Å². The second-order valence-corrected chi connectivity index (χ2v) is 7.88. The van der Waals surface area contributed by atoms with Crippen molar-refractivity contribution < 1.29 is 14.3 Å². The minimum atomic E-state index is -1.23. The number of nitrogens with one attached hydrogen (secondary N) is 1. The third-order valence-corrected chi connectivity index (χ3v) is 5.34. The maximum Gasteiger partial charge on any atom is 0.355 e. The highest BCUT2D eigenvalue weighted by molar-refractivity contribution is 5.85. The van der Waals surface area contributed by atoms with Crippen molar-refractivity contribution in [2.75, 3.05) is 0 Å². The minimum Gasteiger partial charge on any atom is -0.476 e. The van der Waals surface area contributed by atoms with Crippen molar-refractivity contribution >= 4 is 5.97 Å². The number of carboxylic acids is 1. The molecule has 1 rings (SSSR count). The van der Waals surface area contributed by atoms with Crippen LogP contribution in [0, 0.1) is 5.82 Å². The van der Waals surface area contributed by atoms with Gasteiger partial charge in [-0.2, -0.15) is 0 Å². The van der Waals surface area contributed by atoms with E-state index in [2.05, 4.69) is 11.9 Å². The summed E-state index contributed by atoms with van der Waals surface area (Å²) in [7, 11) is 0. The summed E-state index contributed by atoms with van der Waals surface area (Å²) in [6, 6.07) is 1.31. The first-order valence-corrected chi connectivity index (χ1v) is 11.3. The van der Waals surface area contributed by atoms with Gasteiger partial charge >= 0.3 is 5.97 Å². The van der Waals surface area contributed by atoms with Gasteiger partial charge in [0.05, 0.1) is 0 Å². The molecule has 1 heterocycles. The smallest absolute Gasteiger partial charge is 0.355 e. The Morgan fingerprint density at radius 2 is 1.22 bits per heavy atom. The Labute approximate surface area is 165 Å². The number of H-pyrrole nitrogens is 1. The zero-order chi connectivity index (χ0) is 19.7. The number of aromatic carboxylic acids is 1. The molecule has 0 unspecified atom stereocenters. The molecule has 0 spiro atoms. The van der Waals surface area contributed by atoms with E-state index in [-0.39, 0.29) is 5.69 Å². The van der Waals surface area contributed by atoms with Gasteiger partial charge in [0.2, 0.25) is 0 Å². The summed E-state index contributed by atoms with van der Waals surface area (Å²) in [5.41, 5.74) is 0.372. The maximum atomic E-state index is 13.4. The summed E-state index contributed by atoms with van der Waals surface area (Å²) < 4.78 is 13.4. The number of carboxylic acid groups (broad SMARTS) is 1. The van der Waals surface area contributed by atoms with Gasteiger partial charge in [-0.3, -0.25) is 0 Å². The fourth-order valence-electron chi connectivity index (χ4n) is 3.64. The predicted molar refractivity (Wildman–Crippen MR) is 111 cm³/mol. The standard InChI is InChI=1S/C23H40FNO2/c1-2-3-4-5-6-7-8-9-10-11-12-13-14-15-16-17-18-20-19-21(24)22(25-20)23(26)27/h19,25H,2-18H2,1H3,(H,26,27). The van der Waals surface area contributed by atoms with Crippen LogP contribution in [-0.2, 0) is 6.42 Å². The summed E-state index contributed by atoms with van der Waals surface area (Å²) in [6.45, 7) is 2.27. The van der Waals surface area contributed by atoms with Crippen LogP contribution in [0.5, 0.6) is 0 Å². The van der Waals surface area contributed by atoms with Gasteiger partial charge in [-0.1, -0.05) is 103 Å². The topological polar surface area (TPSA) is 53.1 Å². The number of rotatable bonds is 18. The molecule has 2 N–H and O–H groups in total. The molecule has 0 aliphatic rings. The van der Waals surface area contributed by atoms with E-state index in [4.69, 9.17) is 5.11 Å². The van der Waals surface area contributed by atoms with Crippen LogP contribution in [0.1, 0.15) is 126 Å². The zero-order valence-electron chi connectivity index (χ0n) is 17.3. The number of hydrogen-bond acceptors (Lipinski definition) is 1. The lowest BCUT2D eigenvalue weighted by Crippen LogP contribution is -1.99. The lowest BCUT2D eigenvalue weighted by molar-refractivity contribution is 0.0686. The molecule has 0 amide bonds. The van der Waals surface area contributed by atoms with Crippen molar-refractivity contribution in [2.45, 2.75) is 116 Å². The van der Waals surface area contributed by atoms with Gasteiger partial charge in [0.1, 0.15) is 0 Å². The van der Waals surface area contributed by atoms with Crippen LogP contribution in [0.15, 0.2) is 6.07 Å². The predicted octanol–water partition coefficient (Wildman–Crippen LogP) is 7.66. The highest BCUT2D eigenvalue weighted by Crippen LogP contribution is 2.15. The van der Waals surface area contributed by atoms with Crippen molar-refractivity contribution in [3.05, 3.63) is 23.3 Å². The van der Waals surface area contributed by atoms with Crippen molar-refractivity contribution in [3.63, 3.8) is 0 Å². The maximum absolute atomic E-state index is 13.4. The van der Waals surface area contributed by atoms with E-state index in [1.807, 2.05) is 0 Å². The van der Waals surface area contributed by atoms with Gasteiger partial charge in [0.15, 0.2) is 11.5 Å². The summed E-state index contributed by atoms with van der Waals surface area (Å²) >= 11 is 0. The normalized spacial score (nSPS) is 11.2. The number of halogens is 1. The van der Waals surface area contributed by atoms with E-state index in [1.54, 1.807) is 0 Å². The molecule has 1 aromatic heterocycles. The number of aromatic nitrogens is 1. The number of aryl methyl sites for hydroxylation is 1. The first kappa shape index (κ1) is 23.7. The van der Waals surface area contributed by atoms with Crippen LogP contribution in [0.25, 0.3) is 0 Å². The van der Waals surface area contributed by atoms with Gasteiger partial charge in [-0.05, 0) is 18.9 Å². The van der Waals surface area contributed by atoms with E-state index in [0.29, 0.717) is 5.69 Å². The van der Waals surface area contributed by atoms with E-state index >= 15 is 0 Å². The van der Waals surface area contributed by atoms with Crippen LogP contribution in [-0.4, -0.2) is 16.1 Å². The summed E-state index contributed by atoms with van der Waals surface area (Å²) in [4.78, 5) is 13.4. The number of unbranched alkanes of at least 4 members (excludes halogenated alkanes) is 15. The van der Waals surface area contributed by atoms with Crippen molar-refractivity contribution in [2.24, 2.45) is 0 Å². The SMILES string of the molecule is CCCCCCCCCCCCCCCCCCc1cc(F)c(C(=O)O)[nH]1. The van der Waals surface area contributed by atoms with E-state index < -0.39 is 11.8 Å². The third-order valence-electron chi connectivity index (χ3n) is 5.34. The summed E-state index contributed by atoms with van der Waals surface area (Å²) in [5, 5.41) is 8.82. The Bertz CT molecular complexity index is 499. The largest absolute Gasteiger partial charge is 0.476 e. The monoisotopic (exact) mass is 381 g/mol. The number of hydrogen-bond donors (Lipinski definition) is 2. The molecule has 0 atom stereocenters. The molecule has 0 bridgehead atoms. The molecule has 0 aromatic carbocycles. The highest BCUT2D eigenvalue weighted by atomic mass is 19.1. The van der Waals surface area contributed by atoms with Crippen molar-refractivity contribution in [3.8, 4) is 0 Å². The molecule has 1 aromatic rings. The highest BCUT2D eigenvalue weighted by Gasteiger charge is 2.13. The Morgan fingerprint density at radius 3 is 1.59 bits per heavy atom. The Kier molecular flexibility index (Phi) is 13.8. The van der Waals surface area contributed by atoms with Gasteiger partial charge in [-0.15, -0.1) is 0 Å². The molecule has 0 aliphatic heterocycles. The first-order chi connectivity index (χ1) is 13.1. The molecule has 27 heavy (non-hydrogen) atoms. The average molecular weight is 382 g/mol. The van der Waals surface area contributed by atoms with Gasteiger partial charge in [0.25, 0.3) is 0 Å². The molecule has 0 saturated heterocycles. The molecule has 156 valence electrons. The molecule has 4 heteroatoms. The fourth-order valence-corrected chi connectivity index (χ4v) is 3.64. The fraction of sp³-hybridized carbons (Fsp3) is 0.783. The second-order valence-electron chi connectivity index (χ2n) is 7.88. The Hall–Kier alpha value is -1.32. The zero-order valence-corrected chi connectivity index (χ0v) is 17.3. The third kappa shape index (κ3) is 11.9. The van der Waals surface area contributed by atoms with Crippen molar-refractivity contribution in [1.82, 2.24) is 4.98 Å². The number of aromatic amines is 1. The lowest BCUT2D eigenvalue weighted by Gasteiger charge is -2.03. The Balaban J connectivity index is 1.83. The first-order valence-electron chi connectivity index (χ1n) is 11.3. The van der Waals surface area contributed by atoms with Crippen molar-refractivity contribution in [1.29, 1.82) is 0 Å². The van der Waals surface area contributed by atoms with Crippen LogP contribution in [0.2, 0.25) is 0 Å². The molecule has 0 aliphatic carbocycles. The van der Waals surface area contributed by atoms with Gasteiger partial charge < -0.3 is 10.1 Å². The van der Waals surface area contributed by atoms with Gasteiger partial charge in [0, 0.05) is 5.69 Å². The van der Waals surface area contributed by atoms with E-state index in [1.165, 1.54) is 96.0 Å². The molecule has 0 fully saturated rings. The average Bonchev–Trinajstić information content (AvgIpc) is 3.02. The lowest BCUT2D eigenvalue weighted by atomic mass is 10.0. The van der Waals surface area contributed by atoms with Crippen LogP contribution in [0.3, 0.4) is 0 Å². The molecule has 3 nitrogen and oxygen atoms in total. The molecule has 0 saturated carbocycles. The summed E-state index contributed by atoms with van der Waals surface area (Å²) in [5.74, 6) is -1.89. The van der Waals surface area contributed by atoms with E-state index in [9.17, 15) is 9.18 Å². The quantitative estimate of drug-likeness (QED) is 0.256. The van der Waals surface area contributed by atoms with Crippen LogP contribution < -0.4 is 0 Å². The molecule has 0 radical (unpaired) electrons. The number of carbonyl (C=O) groups is 1. The Morgan fingerprint density at radius 1 is 0.815 bits per heavy atom. The molecular formula is C23H40FNO2. The molecular weight excluding hydrogens is 341 g/mol.